The van der Waals surface area contributed by atoms with E-state index in [2.05, 4.69) is 187 Å². The molecule has 0 saturated heterocycles. The molecule has 0 bridgehead atoms. The second-order valence-electron chi connectivity index (χ2n) is 34.9. The van der Waals surface area contributed by atoms with Gasteiger partial charge in [-0.15, -0.1) is 90.7 Å². The lowest BCUT2D eigenvalue weighted by Gasteiger charge is -2.36. The number of hydrogen-bond acceptors (Lipinski definition) is 14. The minimum absolute atomic E-state index is 0.142. The zero-order chi connectivity index (χ0) is 86.2. The van der Waals surface area contributed by atoms with E-state index in [0.717, 1.165) is 230 Å². The van der Waals surface area contributed by atoms with Crippen molar-refractivity contribution < 1.29 is 17.6 Å². The van der Waals surface area contributed by atoms with Crippen molar-refractivity contribution in [1.82, 2.24) is 17.5 Å². The predicted molar refractivity (Wildman–Crippen MR) is 541 cm³/mol. The summed E-state index contributed by atoms with van der Waals surface area (Å²) in [4.78, 5) is 11.7. The van der Waals surface area contributed by atoms with Crippen LogP contribution < -0.4 is 0 Å². The fourth-order valence-electron chi connectivity index (χ4n) is 19.9. The highest BCUT2D eigenvalue weighted by Crippen LogP contribution is 2.69. The molecule has 10 aromatic heterocycles. The van der Waals surface area contributed by atoms with Crippen molar-refractivity contribution in [1.29, 1.82) is 0 Å². The van der Waals surface area contributed by atoms with Gasteiger partial charge >= 0.3 is 0 Å². The Hall–Kier alpha value is -7.98. The van der Waals surface area contributed by atoms with Crippen LogP contribution in [0.2, 0.25) is 0 Å². The standard InChI is InChI=1S/C108H106F4N4S10/c1-7-13-19-25-31-65-37-45-69(46-38-65)107(70-47-39-66(40-48-70)32-26-20-14-8-2)77-61-76-78(62-75(77)103-93(107)105-87(123-103)63-85(121-105)91-97(111)95(109)89(99-101(91)115-125-113-99)83-59-57-81(119-83)79-55-53-73(117-79)35-29-23-17-11-5)108(71-49-41-67(42-50-71)33-27-21-15-9-3,72-51-43-68(44-52-72)34-28-22-16-10-4)94-104(76)124-88-64-86(122-106(88)94)92-98(112)96(110)90(100-102(92)116-126-114-100)84-60-58-82(120-84)80-56-54-74(118-80)36-30-24-18-12-6/h37-64H,7-36H2,1-6H3. The average Bonchev–Trinajstić information content (AvgIpc) is 1.49. The highest BCUT2D eigenvalue weighted by atomic mass is 32.1. The van der Waals surface area contributed by atoms with Gasteiger partial charge < -0.3 is 0 Å². The third-order valence-corrected chi connectivity index (χ3v) is 37.4. The van der Waals surface area contributed by atoms with Gasteiger partial charge in [-0.3, -0.25) is 0 Å². The molecule has 126 heavy (non-hydrogen) atoms. The zero-order valence-corrected chi connectivity index (χ0v) is 80.9. The highest BCUT2D eigenvalue weighted by Gasteiger charge is 2.55. The molecule has 2 aliphatic rings. The number of rotatable bonds is 40. The number of fused-ring (bicyclic) bond motifs is 12. The summed E-state index contributed by atoms with van der Waals surface area (Å²) in [5, 5.41) is 0. The van der Waals surface area contributed by atoms with Crippen LogP contribution in [-0.4, -0.2) is 17.5 Å². The molecule has 19 rings (SSSR count). The molecule has 10 heterocycles. The fraction of sp³-hybridized carbons (Fsp3) is 0.352. The van der Waals surface area contributed by atoms with Crippen LogP contribution >= 0.6 is 114 Å². The van der Waals surface area contributed by atoms with Gasteiger partial charge in [0.25, 0.3) is 0 Å². The predicted octanol–water partition coefficient (Wildman–Crippen LogP) is 36.5. The van der Waals surface area contributed by atoms with Gasteiger partial charge in [-0.25, -0.2) is 17.6 Å². The van der Waals surface area contributed by atoms with E-state index in [9.17, 15) is 0 Å². The van der Waals surface area contributed by atoms with E-state index in [0.29, 0.717) is 41.6 Å². The van der Waals surface area contributed by atoms with Gasteiger partial charge in [0, 0.05) is 79.1 Å². The Balaban J connectivity index is 0.817. The molecule has 4 nitrogen and oxygen atoms in total. The van der Waals surface area contributed by atoms with E-state index in [4.69, 9.17) is 17.5 Å². The van der Waals surface area contributed by atoms with Crippen LogP contribution in [0, 0.1) is 23.3 Å². The van der Waals surface area contributed by atoms with E-state index in [-0.39, 0.29) is 22.3 Å². The minimum Gasteiger partial charge on any atom is -0.203 e. The van der Waals surface area contributed by atoms with Crippen molar-refractivity contribution >= 4 is 155 Å². The molecule has 0 N–H and O–H groups in total. The highest BCUT2D eigenvalue weighted by molar-refractivity contribution is 7.32. The molecule has 2 aliphatic carbocycles. The molecule has 0 saturated carbocycles. The van der Waals surface area contributed by atoms with Gasteiger partial charge in [-0.2, -0.15) is 17.5 Å². The van der Waals surface area contributed by atoms with Crippen molar-refractivity contribution in [3.05, 3.63) is 270 Å². The first-order valence-electron chi connectivity index (χ1n) is 46.2. The summed E-state index contributed by atoms with van der Waals surface area (Å²) in [7, 11) is 0. The van der Waals surface area contributed by atoms with Gasteiger partial charge in [-0.05, 0) is 217 Å². The van der Waals surface area contributed by atoms with Crippen molar-refractivity contribution in [2.75, 3.05) is 0 Å². The molecule has 646 valence electrons. The third-order valence-electron chi connectivity index (χ3n) is 26.5. The van der Waals surface area contributed by atoms with Crippen LogP contribution in [0.25, 0.3) is 123 Å². The van der Waals surface area contributed by atoms with E-state index < -0.39 is 34.1 Å². The first-order chi connectivity index (χ1) is 61.9. The van der Waals surface area contributed by atoms with Crippen LogP contribution in [0.1, 0.15) is 272 Å². The molecular weight excluding hydrogens is 1750 g/mol. The number of unbranched alkanes of at least 4 members (excludes halogenated alkanes) is 18. The number of thiophene rings is 8. The largest absolute Gasteiger partial charge is 0.203 e. The quantitative estimate of drug-likeness (QED) is 0.0284. The van der Waals surface area contributed by atoms with Crippen molar-refractivity contribution in [2.24, 2.45) is 0 Å². The lowest BCUT2D eigenvalue weighted by atomic mass is 9.65. The number of benzene rings is 7. The Labute approximate surface area is 779 Å². The van der Waals surface area contributed by atoms with Crippen molar-refractivity contribution in [3.8, 4) is 82.2 Å². The maximum absolute atomic E-state index is 18.3. The monoisotopic (exact) mass is 1850 g/mol. The number of hydrogen-bond donors (Lipinski definition) is 0. The Morgan fingerprint density at radius 1 is 0.254 bits per heavy atom. The normalized spacial score (nSPS) is 13.3. The van der Waals surface area contributed by atoms with Gasteiger partial charge in [0.15, 0.2) is 23.3 Å². The molecule has 0 aliphatic heterocycles. The molecule has 0 fully saturated rings. The molecule has 18 heteroatoms. The Kier molecular flexibility index (Phi) is 26.8. The number of aryl methyl sites for hydroxylation is 6. The van der Waals surface area contributed by atoms with Gasteiger partial charge in [-0.1, -0.05) is 254 Å². The second kappa shape index (κ2) is 38.6. The van der Waals surface area contributed by atoms with E-state index >= 15 is 17.6 Å². The third kappa shape index (κ3) is 16.2. The van der Waals surface area contributed by atoms with E-state index in [1.165, 1.54) is 145 Å². The molecule has 0 spiro atoms. The van der Waals surface area contributed by atoms with Crippen LogP contribution in [0.5, 0.6) is 0 Å². The van der Waals surface area contributed by atoms with Crippen LogP contribution in [0.3, 0.4) is 0 Å². The molecule has 17 aromatic rings. The van der Waals surface area contributed by atoms with Crippen molar-refractivity contribution in [2.45, 2.75) is 245 Å². The average molecular weight is 1860 g/mol. The molecule has 0 radical (unpaired) electrons. The molecule has 7 aromatic carbocycles. The summed E-state index contributed by atoms with van der Waals surface area (Å²) >= 11 is 15.1. The smallest absolute Gasteiger partial charge is 0.170 e. The Morgan fingerprint density at radius 3 is 0.825 bits per heavy atom. The van der Waals surface area contributed by atoms with Gasteiger partial charge in [0.2, 0.25) is 0 Å². The fourth-order valence-corrected chi connectivity index (χ4v) is 31.1. The van der Waals surface area contributed by atoms with E-state index in [1.807, 2.05) is 24.3 Å². The number of nitrogens with zero attached hydrogens (tertiary/aromatic N) is 4. The first-order valence-corrected chi connectivity index (χ1v) is 54.2. The summed E-state index contributed by atoms with van der Waals surface area (Å²) in [6.07, 6.45) is 34.1. The maximum Gasteiger partial charge on any atom is 0.170 e. The lowest BCUT2D eigenvalue weighted by Crippen LogP contribution is -2.30. The summed E-state index contributed by atoms with van der Waals surface area (Å²) in [6.45, 7) is 13.6. The SMILES string of the molecule is CCCCCCc1ccc(C2(c3ccc(CCCCCC)cc3)c3cc4c(cc3-c3sc5cc(-c6c(F)c(F)c(-c7ccc(-c8ccc(CCCCCC)s8)s7)c7nsnc67)sc5c32)C(c2ccc(CCCCCC)cc2)(c2ccc(CCCCCC)cc2)c2c-4sc3cc(-c4c(F)c(F)c(-c5ccc(-c6ccc(CCCCCC)s6)s5)c5nsnc45)sc23)cc1. The lowest BCUT2D eigenvalue weighted by molar-refractivity contribution is 0.516. The molecule has 0 atom stereocenters. The summed E-state index contributed by atoms with van der Waals surface area (Å²) < 4.78 is 95.9. The second-order valence-corrected chi connectivity index (χ2v) is 44.6. The van der Waals surface area contributed by atoms with Crippen LogP contribution in [0.4, 0.5) is 17.6 Å². The van der Waals surface area contributed by atoms with Gasteiger partial charge in [0.1, 0.15) is 22.1 Å². The Morgan fingerprint density at radius 2 is 0.524 bits per heavy atom. The maximum atomic E-state index is 18.3. The van der Waals surface area contributed by atoms with Gasteiger partial charge in [0.05, 0.1) is 65.9 Å². The molecule has 0 amide bonds. The van der Waals surface area contributed by atoms with Crippen LogP contribution in [0.15, 0.2) is 170 Å². The Bertz CT molecular complexity index is 6190. The molecular formula is C108H106F4N4S10. The number of aromatic nitrogens is 4. The number of halogens is 4. The topological polar surface area (TPSA) is 51.6 Å². The van der Waals surface area contributed by atoms with Crippen LogP contribution in [-0.2, 0) is 49.4 Å². The zero-order valence-electron chi connectivity index (χ0n) is 72.8. The van der Waals surface area contributed by atoms with Crippen molar-refractivity contribution in [3.63, 3.8) is 0 Å². The molecule has 0 unspecified atom stereocenters. The minimum atomic E-state index is -0.944. The summed E-state index contributed by atoms with van der Waals surface area (Å²) in [6, 6.07) is 64.3. The summed E-state index contributed by atoms with van der Waals surface area (Å²) in [5.41, 5.74) is 16.8. The van der Waals surface area contributed by atoms with E-state index in [1.54, 1.807) is 68.0 Å². The summed E-state index contributed by atoms with van der Waals surface area (Å²) in [5.74, 6) is -3.66. The first kappa shape index (κ1) is 87.4.